The number of ether oxygens (including phenoxy) is 1. The van der Waals surface area contributed by atoms with E-state index in [-0.39, 0.29) is 6.10 Å². The van der Waals surface area contributed by atoms with E-state index in [0.717, 1.165) is 38.7 Å². The highest BCUT2D eigenvalue weighted by Crippen LogP contribution is 2.22. The fourth-order valence-corrected chi connectivity index (χ4v) is 1.78. The second-order valence-corrected chi connectivity index (χ2v) is 4.12. The molecule has 0 aliphatic rings. The Morgan fingerprint density at radius 2 is 1.94 bits per heavy atom. The van der Waals surface area contributed by atoms with Crippen LogP contribution >= 0.6 is 0 Å². The highest BCUT2D eigenvalue weighted by atomic mass is 16.5. The second-order valence-electron chi connectivity index (χ2n) is 4.12. The van der Waals surface area contributed by atoms with Crippen LogP contribution in [0.2, 0.25) is 0 Å². The third kappa shape index (κ3) is 4.80. The van der Waals surface area contributed by atoms with Gasteiger partial charge in [0, 0.05) is 6.61 Å². The molecule has 0 N–H and O–H groups in total. The van der Waals surface area contributed by atoms with Gasteiger partial charge in [-0.1, -0.05) is 63.4 Å². The predicted octanol–water partition coefficient (Wildman–Crippen LogP) is 4.55. The molecule has 1 atom stereocenters. The third-order valence-electron chi connectivity index (χ3n) is 2.69. The van der Waals surface area contributed by atoms with Crippen LogP contribution in [-0.4, -0.2) is 6.61 Å². The van der Waals surface area contributed by atoms with Crippen LogP contribution < -0.4 is 0 Å². The minimum absolute atomic E-state index is 0.274. The topological polar surface area (TPSA) is 9.23 Å². The number of benzene rings is 1. The van der Waals surface area contributed by atoms with Crippen LogP contribution in [0.4, 0.5) is 0 Å². The number of rotatable bonds is 8. The van der Waals surface area contributed by atoms with Crippen molar-refractivity contribution in [2.75, 3.05) is 6.61 Å². The van der Waals surface area contributed by atoms with Crippen LogP contribution in [0.3, 0.4) is 0 Å². The van der Waals surface area contributed by atoms with Crippen molar-refractivity contribution < 1.29 is 4.74 Å². The highest BCUT2D eigenvalue weighted by Gasteiger charge is 2.09. The number of hydrogen-bond donors (Lipinski definition) is 0. The molecule has 1 nitrogen and oxygen atoms in total. The molecule has 0 saturated carbocycles. The first-order chi connectivity index (χ1) is 7.88. The van der Waals surface area contributed by atoms with Gasteiger partial charge in [0.1, 0.15) is 0 Å². The van der Waals surface area contributed by atoms with Gasteiger partial charge in [0.2, 0.25) is 0 Å². The zero-order valence-electron chi connectivity index (χ0n) is 10.3. The van der Waals surface area contributed by atoms with E-state index in [4.69, 9.17) is 4.74 Å². The van der Waals surface area contributed by atoms with E-state index in [2.05, 4.69) is 44.2 Å². The van der Waals surface area contributed by atoms with Gasteiger partial charge in [0.05, 0.1) is 6.10 Å². The molecule has 0 heterocycles. The van der Waals surface area contributed by atoms with Crippen LogP contribution in [0, 0.1) is 6.92 Å². The van der Waals surface area contributed by atoms with Gasteiger partial charge in [0.25, 0.3) is 0 Å². The van der Waals surface area contributed by atoms with Gasteiger partial charge in [-0.05, 0) is 18.4 Å². The van der Waals surface area contributed by atoms with Crippen LogP contribution in [-0.2, 0) is 4.74 Å². The summed E-state index contributed by atoms with van der Waals surface area (Å²) in [6, 6.07) is 10.5. The summed E-state index contributed by atoms with van der Waals surface area (Å²) in [5, 5.41) is 0. The first-order valence-electron chi connectivity index (χ1n) is 6.34. The summed E-state index contributed by atoms with van der Waals surface area (Å²) in [6.45, 7) is 6.90. The lowest BCUT2D eigenvalue weighted by atomic mass is 10.1. The summed E-state index contributed by atoms with van der Waals surface area (Å²) in [5.74, 6) is 0. The molecule has 1 aromatic rings. The minimum atomic E-state index is 0.274. The third-order valence-corrected chi connectivity index (χ3v) is 2.69. The molecule has 1 radical (unpaired) electrons. The standard InChI is InChI=1S/C15H23O/c1-3-5-9-13-16-15(10-4-2)14-11-7-6-8-12-14/h6-8,11-12,15H,1,3-5,9-10,13H2,2H3. The first kappa shape index (κ1) is 13.2. The van der Waals surface area contributed by atoms with Crippen molar-refractivity contribution in [2.24, 2.45) is 0 Å². The Kier molecular flexibility index (Phi) is 6.91. The Labute approximate surface area is 99.8 Å². The highest BCUT2D eigenvalue weighted by molar-refractivity contribution is 5.17. The Bertz CT molecular complexity index is 255. The lowest BCUT2D eigenvalue weighted by Crippen LogP contribution is -2.05. The van der Waals surface area contributed by atoms with Gasteiger partial charge in [-0.2, -0.15) is 0 Å². The molecule has 0 spiro atoms. The Hall–Kier alpha value is -0.820. The van der Waals surface area contributed by atoms with Crippen molar-refractivity contribution in [1.82, 2.24) is 0 Å². The normalized spacial score (nSPS) is 12.6. The van der Waals surface area contributed by atoms with Gasteiger partial charge < -0.3 is 4.74 Å². The molecule has 0 amide bonds. The van der Waals surface area contributed by atoms with Gasteiger partial charge in [-0.15, -0.1) is 0 Å². The molecular formula is C15H23O. The fraction of sp³-hybridized carbons (Fsp3) is 0.533. The van der Waals surface area contributed by atoms with Gasteiger partial charge in [-0.25, -0.2) is 0 Å². The van der Waals surface area contributed by atoms with Crippen molar-refractivity contribution in [3.05, 3.63) is 42.8 Å². The zero-order valence-corrected chi connectivity index (χ0v) is 10.3. The molecule has 1 unspecified atom stereocenters. The molecule has 1 rings (SSSR count). The lowest BCUT2D eigenvalue weighted by molar-refractivity contribution is 0.0438. The molecule has 16 heavy (non-hydrogen) atoms. The Balaban J connectivity index is 2.41. The van der Waals surface area contributed by atoms with Gasteiger partial charge >= 0.3 is 0 Å². The average molecular weight is 219 g/mol. The van der Waals surface area contributed by atoms with E-state index in [1.807, 2.05) is 0 Å². The molecule has 1 aromatic carbocycles. The monoisotopic (exact) mass is 219 g/mol. The first-order valence-corrected chi connectivity index (χ1v) is 6.34. The SMILES string of the molecule is [CH2]CCCCOC(CCC)c1ccccc1. The molecule has 0 fully saturated rings. The average Bonchev–Trinajstić information content (AvgIpc) is 2.34. The van der Waals surface area contributed by atoms with E-state index in [1.165, 1.54) is 5.56 Å². The van der Waals surface area contributed by atoms with Crippen molar-refractivity contribution in [3.63, 3.8) is 0 Å². The van der Waals surface area contributed by atoms with Crippen molar-refractivity contribution in [1.29, 1.82) is 0 Å². The van der Waals surface area contributed by atoms with E-state index < -0.39 is 0 Å². The Morgan fingerprint density at radius 1 is 1.19 bits per heavy atom. The molecule has 1 heteroatoms. The Morgan fingerprint density at radius 3 is 2.56 bits per heavy atom. The minimum Gasteiger partial charge on any atom is -0.374 e. The van der Waals surface area contributed by atoms with E-state index in [0.29, 0.717) is 0 Å². The van der Waals surface area contributed by atoms with Crippen molar-refractivity contribution >= 4 is 0 Å². The maximum atomic E-state index is 5.94. The van der Waals surface area contributed by atoms with Gasteiger partial charge in [-0.3, -0.25) is 0 Å². The maximum absolute atomic E-state index is 5.94. The van der Waals surface area contributed by atoms with E-state index in [1.54, 1.807) is 0 Å². The molecular weight excluding hydrogens is 196 g/mol. The van der Waals surface area contributed by atoms with Crippen molar-refractivity contribution in [2.45, 2.75) is 45.1 Å². The predicted molar refractivity (Wildman–Crippen MR) is 69.3 cm³/mol. The summed E-state index contributed by atoms with van der Waals surface area (Å²) in [7, 11) is 0. The molecule has 0 aliphatic heterocycles. The molecule has 0 aliphatic carbocycles. The fourth-order valence-electron chi connectivity index (χ4n) is 1.78. The summed E-state index contributed by atoms with van der Waals surface area (Å²) in [6.07, 6.45) is 5.83. The van der Waals surface area contributed by atoms with Crippen LogP contribution in [0.15, 0.2) is 30.3 Å². The second kappa shape index (κ2) is 8.35. The quantitative estimate of drug-likeness (QED) is 0.583. The largest absolute Gasteiger partial charge is 0.374 e. The smallest absolute Gasteiger partial charge is 0.0824 e. The number of hydrogen-bond acceptors (Lipinski definition) is 1. The zero-order chi connectivity index (χ0) is 11.6. The summed E-state index contributed by atoms with van der Waals surface area (Å²) < 4.78 is 5.94. The summed E-state index contributed by atoms with van der Waals surface area (Å²) in [5.41, 5.74) is 1.30. The van der Waals surface area contributed by atoms with Gasteiger partial charge in [0.15, 0.2) is 0 Å². The number of unbranched alkanes of at least 4 members (excludes halogenated alkanes) is 2. The molecule has 89 valence electrons. The van der Waals surface area contributed by atoms with Crippen LogP contribution in [0.25, 0.3) is 0 Å². The van der Waals surface area contributed by atoms with E-state index in [9.17, 15) is 0 Å². The molecule has 0 saturated heterocycles. The van der Waals surface area contributed by atoms with Crippen molar-refractivity contribution in [3.8, 4) is 0 Å². The molecule has 0 aromatic heterocycles. The summed E-state index contributed by atoms with van der Waals surface area (Å²) in [4.78, 5) is 0. The van der Waals surface area contributed by atoms with Crippen LogP contribution in [0.1, 0.15) is 50.7 Å². The summed E-state index contributed by atoms with van der Waals surface area (Å²) >= 11 is 0. The van der Waals surface area contributed by atoms with E-state index >= 15 is 0 Å². The lowest BCUT2D eigenvalue weighted by Gasteiger charge is -2.17. The molecule has 0 bridgehead atoms. The maximum Gasteiger partial charge on any atom is 0.0824 e. The van der Waals surface area contributed by atoms with Crippen LogP contribution in [0.5, 0.6) is 0 Å².